The summed E-state index contributed by atoms with van der Waals surface area (Å²) in [6.45, 7) is 1.36. The molecule has 0 amide bonds. The van der Waals surface area contributed by atoms with Gasteiger partial charge in [0.15, 0.2) is 0 Å². The molecular weight excluding hydrogens is 320 g/mol. The van der Waals surface area contributed by atoms with E-state index in [0.29, 0.717) is 18.3 Å². The highest BCUT2D eigenvalue weighted by Gasteiger charge is 2.19. The number of anilines is 3. The summed E-state index contributed by atoms with van der Waals surface area (Å²) in [5.74, 6) is 1.84. The number of rotatable bonds is 4. The van der Waals surface area contributed by atoms with Crippen molar-refractivity contribution in [1.82, 2.24) is 19.9 Å². The third-order valence-electron chi connectivity index (χ3n) is 4.30. The molecule has 1 aliphatic heterocycles. The molecule has 1 saturated heterocycles. The van der Waals surface area contributed by atoms with Crippen molar-refractivity contribution >= 4 is 28.5 Å². The number of fused-ring (bicyclic) bond motifs is 1. The van der Waals surface area contributed by atoms with Gasteiger partial charge in [-0.25, -0.2) is 9.97 Å². The number of aliphatic hydroxyl groups is 2. The molecule has 4 rings (SSSR count). The molecule has 1 fully saturated rings. The summed E-state index contributed by atoms with van der Waals surface area (Å²) in [5, 5.41) is 22.2. The zero-order chi connectivity index (χ0) is 17.2. The Morgan fingerprint density at radius 2 is 2.20 bits per heavy atom. The van der Waals surface area contributed by atoms with Crippen molar-refractivity contribution in [1.29, 1.82) is 0 Å². The van der Waals surface area contributed by atoms with E-state index in [4.69, 9.17) is 5.11 Å². The molecule has 1 aliphatic rings. The predicted octanol–water partition coefficient (Wildman–Crippen LogP) is 1.55. The zero-order valence-corrected chi connectivity index (χ0v) is 13.7. The Hall–Kier alpha value is -2.71. The Bertz CT molecular complexity index is 880. The van der Waals surface area contributed by atoms with Crippen LogP contribution in [0, 0.1) is 0 Å². The van der Waals surface area contributed by atoms with E-state index in [1.54, 1.807) is 6.20 Å². The zero-order valence-electron chi connectivity index (χ0n) is 13.7. The van der Waals surface area contributed by atoms with Crippen LogP contribution in [-0.2, 0) is 6.61 Å². The van der Waals surface area contributed by atoms with Crippen molar-refractivity contribution < 1.29 is 10.2 Å². The first-order valence-corrected chi connectivity index (χ1v) is 8.34. The summed E-state index contributed by atoms with van der Waals surface area (Å²) in [5.41, 5.74) is 2.47. The minimum Gasteiger partial charge on any atom is -0.391 e. The van der Waals surface area contributed by atoms with Crippen molar-refractivity contribution in [2.75, 3.05) is 23.3 Å². The fraction of sp³-hybridized carbons (Fsp3) is 0.353. The minimum absolute atomic E-state index is 0.121. The SMILES string of the molecule is OCc1nc2ccc(Nc3nccc(N4CCCC(O)C4)n3)cc2[nH]1. The number of H-pyrrole nitrogens is 1. The topological polar surface area (TPSA) is 110 Å². The molecule has 0 saturated carbocycles. The third kappa shape index (κ3) is 3.40. The summed E-state index contributed by atoms with van der Waals surface area (Å²) in [6.07, 6.45) is 3.21. The molecule has 0 aliphatic carbocycles. The van der Waals surface area contributed by atoms with Crippen LogP contribution >= 0.6 is 0 Å². The monoisotopic (exact) mass is 340 g/mol. The Balaban J connectivity index is 1.55. The van der Waals surface area contributed by atoms with Crippen LogP contribution in [0.3, 0.4) is 0 Å². The smallest absolute Gasteiger partial charge is 0.229 e. The normalized spacial score (nSPS) is 17.8. The van der Waals surface area contributed by atoms with Gasteiger partial charge in [-0.2, -0.15) is 4.98 Å². The highest BCUT2D eigenvalue weighted by molar-refractivity contribution is 5.80. The average molecular weight is 340 g/mol. The lowest BCUT2D eigenvalue weighted by Gasteiger charge is -2.31. The number of hydrogen-bond acceptors (Lipinski definition) is 7. The van der Waals surface area contributed by atoms with Crippen molar-refractivity contribution in [3.63, 3.8) is 0 Å². The molecule has 3 heterocycles. The molecular formula is C17H20N6O2. The largest absolute Gasteiger partial charge is 0.391 e. The van der Waals surface area contributed by atoms with Crippen LogP contribution in [0.2, 0.25) is 0 Å². The standard InChI is InChI=1S/C17H20N6O2/c24-10-15-20-13-4-3-11(8-14(13)21-15)19-17-18-6-5-16(22-17)23-7-1-2-12(25)9-23/h3-6,8,12,24-25H,1-2,7,9-10H2,(H,20,21)(H,18,19,22). The summed E-state index contributed by atoms with van der Waals surface area (Å²) < 4.78 is 0. The van der Waals surface area contributed by atoms with Crippen LogP contribution in [0.15, 0.2) is 30.5 Å². The van der Waals surface area contributed by atoms with E-state index < -0.39 is 0 Å². The first kappa shape index (κ1) is 15.8. The fourth-order valence-electron chi connectivity index (χ4n) is 3.09. The number of nitrogens with one attached hydrogen (secondary N) is 2. The van der Waals surface area contributed by atoms with Gasteiger partial charge in [0.25, 0.3) is 0 Å². The lowest BCUT2D eigenvalue weighted by molar-refractivity contribution is 0.154. The first-order valence-electron chi connectivity index (χ1n) is 8.34. The van der Waals surface area contributed by atoms with Crippen LogP contribution in [0.5, 0.6) is 0 Å². The van der Waals surface area contributed by atoms with E-state index in [0.717, 1.165) is 41.9 Å². The second kappa shape index (κ2) is 6.66. The second-order valence-corrected chi connectivity index (χ2v) is 6.18. The maximum absolute atomic E-state index is 9.84. The molecule has 1 aromatic carbocycles. The van der Waals surface area contributed by atoms with Gasteiger partial charge < -0.3 is 25.4 Å². The lowest BCUT2D eigenvalue weighted by Crippen LogP contribution is -2.38. The second-order valence-electron chi connectivity index (χ2n) is 6.18. The number of hydrogen-bond donors (Lipinski definition) is 4. The van der Waals surface area contributed by atoms with Crippen molar-refractivity contribution in [3.05, 3.63) is 36.3 Å². The molecule has 130 valence electrons. The molecule has 4 N–H and O–H groups in total. The molecule has 3 aromatic rings. The van der Waals surface area contributed by atoms with Gasteiger partial charge >= 0.3 is 0 Å². The van der Waals surface area contributed by atoms with Crippen LogP contribution in [0.1, 0.15) is 18.7 Å². The molecule has 25 heavy (non-hydrogen) atoms. The quantitative estimate of drug-likeness (QED) is 0.570. The van der Waals surface area contributed by atoms with Crippen LogP contribution in [-0.4, -0.2) is 49.3 Å². The van der Waals surface area contributed by atoms with E-state index in [-0.39, 0.29) is 12.7 Å². The number of aliphatic hydroxyl groups excluding tert-OH is 2. The predicted molar refractivity (Wildman–Crippen MR) is 94.8 cm³/mol. The van der Waals surface area contributed by atoms with Gasteiger partial charge in [0, 0.05) is 25.0 Å². The molecule has 1 atom stereocenters. The van der Waals surface area contributed by atoms with Crippen molar-refractivity contribution in [2.24, 2.45) is 0 Å². The van der Waals surface area contributed by atoms with Crippen LogP contribution in [0.25, 0.3) is 11.0 Å². The Morgan fingerprint density at radius 1 is 1.28 bits per heavy atom. The van der Waals surface area contributed by atoms with E-state index in [1.807, 2.05) is 24.3 Å². The van der Waals surface area contributed by atoms with E-state index in [2.05, 4.69) is 30.2 Å². The molecule has 1 unspecified atom stereocenters. The van der Waals surface area contributed by atoms with Crippen molar-refractivity contribution in [3.8, 4) is 0 Å². The Morgan fingerprint density at radius 3 is 3.04 bits per heavy atom. The van der Waals surface area contributed by atoms with Crippen LogP contribution in [0.4, 0.5) is 17.5 Å². The van der Waals surface area contributed by atoms with Gasteiger partial charge in [-0.1, -0.05) is 0 Å². The molecule has 0 spiro atoms. The Kier molecular flexibility index (Phi) is 4.21. The fourth-order valence-corrected chi connectivity index (χ4v) is 3.09. The summed E-state index contributed by atoms with van der Waals surface area (Å²) >= 11 is 0. The van der Waals surface area contributed by atoms with Gasteiger partial charge in [0.05, 0.1) is 17.1 Å². The van der Waals surface area contributed by atoms with Gasteiger partial charge in [-0.15, -0.1) is 0 Å². The van der Waals surface area contributed by atoms with Crippen molar-refractivity contribution in [2.45, 2.75) is 25.6 Å². The maximum Gasteiger partial charge on any atom is 0.229 e. The van der Waals surface area contributed by atoms with Gasteiger partial charge in [-0.3, -0.25) is 0 Å². The highest BCUT2D eigenvalue weighted by atomic mass is 16.3. The molecule has 0 radical (unpaired) electrons. The average Bonchev–Trinajstić information content (AvgIpc) is 3.04. The van der Waals surface area contributed by atoms with E-state index >= 15 is 0 Å². The Labute approximate surface area is 144 Å². The summed E-state index contributed by atoms with van der Waals surface area (Å²) in [4.78, 5) is 18.2. The molecule has 0 bridgehead atoms. The number of β-amino-alcohol motifs (C(OH)–C–C–N with tert-alkyl or cyclic N) is 1. The molecule has 8 heteroatoms. The maximum atomic E-state index is 9.84. The summed E-state index contributed by atoms with van der Waals surface area (Å²) in [7, 11) is 0. The number of aromatic amines is 1. The first-order chi connectivity index (χ1) is 12.2. The van der Waals surface area contributed by atoms with Gasteiger partial charge in [-0.05, 0) is 37.1 Å². The van der Waals surface area contributed by atoms with E-state index in [9.17, 15) is 5.11 Å². The molecule has 2 aromatic heterocycles. The number of imidazole rings is 1. The van der Waals surface area contributed by atoms with Crippen LogP contribution < -0.4 is 10.2 Å². The highest BCUT2D eigenvalue weighted by Crippen LogP contribution is 2.22. The van der Waals surface area contributed by atoms with E-state index in [1.165, 1.54) is 0 Å². The number of nitrogens with zero attached hydrogens (tertiary/aromatic N) is 4. The molecule has 8 nitrogen and oxygen atoms in total. The third-order valence-corrected chi connectivity index (χ3v) is 4.30. The van der Waals surface area contributed by atoms with Gasteiger partial charge in [0.2, 0.25) is 5.95 Å². The number of aromatic nitrogens is 4. The number of piperidine rings is 1. The number of benzene rings is 1. The lowest BCUT2D eigenvalue weighted by atomic mass is 10.1. The summed E-state index contributed by atoms with van der Waals surface area (Å²) in [6, 6.07) is 7.53. The minimum atomic E-state index is -0.302. The van der Waals surface area contributed by atoms with Gasteiger partial charge in [0.1, 0.15) is 18.2 Å².